The first-order valence-electron chi connectivity index (χ1n) is 5.17. The fraction of sp³-hybridized carbons (Fsp3) is 0.500. The Morgan fingerprint density at radius 1 is 1.47 bits per heavy atom. The maximum Gasteiger partial charge on any atom is 0.137 e. The van der Waals surface area contributed by atoms with Gasteiger partial charge in [-0.2, -0.15) is 0 Å². The van der Waals surface area contributed by atoms with E-state index < -0.39 is 0 Å². The Bertz CT molecular complexity index is 363. The number of halogens is 1. The highest BCUT2D eigenvalue weighted by molar-refractivity contribution is 6.33. The maximum absolute atomic E-state index is 9.93. The standard InChI is InChI=1S/C12H18ClNO/c1-7(4-5-14)10-6-8(2)9(3)11(13)12(10)15/h6-7,15H,4-5,14H2,1-3H3. The van der Waals surface area contributed by atoms with Crippen LogP contribution in [0.5, 0.6) is 5.75 Å². The van der Waals surface area contributed by atoms with Crippen LogP contribution in [0.2, 0.25) is 5.02 Å². The second-order valence-corrected chi connectivity index (χ2v) is 4.43. The predicted octanol–water partition coefficient (Wildman–Crippen LogP) is 3.11. The van der Waals surface area contributed by atoms with Crippen LogP contribution in [0.4, 0.5) is 0 Å². The minimum absolute atomic E-state index is 0.209. The lowest BCUT2D eigenvalue weighted by molar-refractivity contribution is 0.460. The highest BCUT2D eigenvalue weighted by atomic mass is 35.5. The molecule has 0 saturated heterocycles. The zero-order chi connectivity index (χ0) is 11.6. The average molecular weight is 228 g/mol. The fourth-order valence-electron chi connectivity index (χ4n) is 1.67. The normalized spacial score (nSPS) is 12.9. The van der Waals surface area contributed by atoms with Crippen molar-refractivity contribution >= 4 is 11.6 Å². The Balaban J connectivity index is 3.19. The fourth-order valence-corrected chi connectivity index (χ4v) is 1.93. The van der Waals surface area contributed by atoms with E-state index >= 15 is 0 Å². The Morgan fingerprint density at radius 2 is 2.07 bits per heavy atom. The first-order chi connectivity index (χ1) is 6.99. The third-order valence-electron chi connectivity index (χ3n) is 2.90. The Kier molecular flexibility index (Phi) is 4.00. The van der Waals surface area contributed by atoms with Gasteiger partial charge in [-0.25, -0.2) is 0 Å². The van der Waals surface area contributed by atoms with Crippen molar-refractivity contribution in [3.8, 4) is 5.75 Å². The number of nitrogens with two attached hydrogens (primary N) is 1. The van der Waals surface area contributed by atoms with E-state index in [9.17, 15) is 5.11 Å². The van der Waals surface area contributed by atoms with Crippen LogP contribution in [-0.2, 0) is 0 Å². The van der Waals surface area contributed by atoms with Crippen LogP contribution < -0.4 is 5.73 Å². The quantitative estimate of drug-likeness (QED) is 0.834. The predicted molar refractivity (Wildman–Crippen MR) is 64.7 cm³/mol. The third-order valence-corrected chi connectivity index (χ3v) is 3.37. The van der Waals surface area contributed by atoms with Crippen LogP contribution in [0.25, 0.3) is 0 Å². The van der Waals surface area contributed by atoms with Gasteiger partial charge in [-0.1, -0.05) is 24.6 Å². The van der Waals surface area contributed by atoms with Gasteiger partial charge in [-0.3, -0.25) is 0 Å². The summed E-state index contributed by atoms with van der Waals surface area (Å²) in [7, 11) is 0. The molecule has 1 atom stereocenters. The molecular weight excluding hydrogens is 210 g/mol. The lowest BCUT2D eigenvalue weighted by Crippen LogP contribution is -2.05. The smallest absolute Gasteiger partial charge is 0.137 e. The van der Waals surface area contributed by atoms with Crippen molar-refractivity contribution in [2.75, 3.05) is 6.54 Å². The monoisotopic (exact) mass is 227 g/mol. The van der Waals surface area contributed by atoms with E-state index in [1.54, 1.807) is 0 Å². The lowest BCUT2D eigenvalue weighted by Gasteiger charge is -2.16. The van der Waals surface area contributed by atoms with Gasteiger partial charge >= 0.3 is 0 Å². The van der Waals surface area contributed by atoms with Crippen molar-refractivity contribution in [1.29, 1.82) is 0 Å². The molecule has 2 nitrogen and oxygen atoms in total. The second kappa shape index (κ2) is 4.86. The highest BCUT2D eigenvalue weighted by Gasteiger charge is 2.15. The van der Waals surface area contributed by atoms with Crippen LogP contribution in [0.1, 0.15) is 36.0 Å². The van der Waals surface area contributed by atoms with Crippen molar-refractivity contribution in [2.45, 2.75) is 33.1 Å². The molecule has 84 valence electrons. The van der Waals surface area contributed by atoms with E-state index in [-0.39, 0.29) is 11.7 Å². The maximum atomic E-state index is 9.93. The molecule has 3 heteroatoms. The van der Waals surface area contributed by atoms with Crippen LogP contribution in [0.3, 0.4) is 0 Å². The molecule has 0 aliphatic heterocycles. The molecule has 1 rings (SSSR count). The van der Waals surface area contributed by atoms with Crippen LogP contribution in [0, 0.1) is 13.8 Å². The summed E-state index contributed by atoms with van der Waals surface area (Å²) >= 11 is 6.05. The zero-order valence-corrected chi connectivity index (χ0v) is 10.2. The van der Waals surface area contributed by atoms with E-state index in [0.29, 0.717) is 11.6 Å². The van der Waals surface area contributed by atoms with Crippen molar-refractivity contribution < 1.29 is 5.11 Å². The summed E-state index contributed by atoms with van der Waals surface area (Å²) in [5.41, 5.74) is 8.46. The topological polar surface area (TPSA) is 46.2 Å². The van der Waals surface area contributed by atoms with Gasteiger partial charge in [-0.15, -0.1) is 0 Å². The summed E-state index contributed by atoms with van der Waals surface area (Å²) in [5.74, 6) is 0.451. The summed E-state index contributed by atoms with van der Waals surface area (Å²) in [6, 6.07) is 2.00. The lowest BCUT2D eigenvalue weighted by atomic mass is 9.93. The van der Waals surface area contributed by atoms with Crippen molar-refractivity contribution in [1.82, 2.24) is 0 Å². The van der Waals surface area contributed by atoms with Gasteiger partial charge in [0.25, 0.3) is 0 Å². The van der Waals surface area contributed by atoms with Gasteiger partial charge in [0.15, 0.2) is 0 Å². The number of aryl methyl sites for hydroxylation is 1. The van der Waals surface area contributed by atoms with Gasteiger partial charge < -0.3 is 10.8 Å². The Labute approximate surface area is 96.1 Å². The second-order valence-electron chi connectivity index (χ2n) is 4.05. The summed E-state index contributed by atoms with van der Waals surface area (Å²) in [6.07, 6.45) is 0.854. The zero-order valence-electron chi connectivity index (χ0n) is 9.47. The summed E-state index contributed by atoms with van der Waals surface area (Å²) < 4.78 is 0. The molecule has 0 fully saturated rings. The van der Waals surface area contributed by atoms with E-state index in [1.165, 1.54) is 0 Å². The summed E-state index contributed by atoms with van der Waals surface area (Å²) in [6.45, 7) is 6.58. The van der Waals surface area contributed by atoms with Crippen LogP contribution in [0.15, 0.2) is 6.07 Å². The van der Waals surface area contributed by atoms with Gasteiger partial charge in [0.2, 0.25) is 0 Å². The van der Waals surface area contributed by atoms with Crippen LogP contribution >= 0.6 is 11.6 Å². The number of benzene rings is 1. The highest BCUT2D eigenvalue weighted by Crippen LogP contribution is 2.37. The molecule has 0 amide bonds. The minimum Gasteiger partial charge on any atom is -0.506 e. The molecule has 0 saturated carbocycles. The molecular formula is C12H18ClNO. The van der Waals surface area contributed by atoms with Crippen molar-refractivity contribution in [3.05, 3.63) is 27.8 Å². The van der Waals surface area contributed by atoms with Gasteiger partial charge in [-0.05, 0) is 49.4 Å². The number of phenols is 1. The van der Waals surface area contributed by atoms with E-state index in [0.717, 1.165) is 23.1 Å². The third kappa shape index (κ3) is 2.44. The molecule has 0 heterocycles. The van der Waals surface area contributed by atoms with E-state index in [1.807, 2.05) is 26.8 Å². The molecule has 15 heavy (non-hydrogen) atoms. The molecule has 0 spiro atoms. The summed E-state index contributed by atoms with van der Waals surface area (Å²) in [5, 5.41) is 10.4. The molecule has 0 aromatic heterocycles. The van der Waals surface area contributed by atoms with Crippen LogP contribution in [-0.4, -0.2) is 11.7 Å². The average Bonchev–Trinajstić information content (AvgIpc) is 2.20. The molecule has 1 unspecified atom stereocenters. The molecule has 1 aromatic rings. The molecule has 1 aromatic carbocycles. The number of hydrogen-bond acceptors (Lipinski definition) is 2. The van der Waals surface area contributed by atoms with Crippen molar-refractivity contribution in [2.24, 2.45) is 5.73 Å². The largest absolute Gasteiger partial charge is 0.506 e. The molecule has 3 N–H and O–H groups in total. The molecule has 0 radical (unpaired) electrons. The first kappa shape index (κ1) is 12.3. The number of phenolic OH excluding ortho intramolecular Hbond substituents is 1. The van der Waals surface area contributed by atoms with Gasteiger partial charge in [0.05, 0.1) is 5.02 Å². The van der Waals surface area contributed by atoms with Crippen molar-refractivity contribution in [3.63, 3.8) is 0 Å². The number of aromatic hydroxyl groups is 1. The minimum atomic E-state index is 0.209. The van der Waals surface area contributed by atoms with E-state index in [2.05, 4.69) is 0 Å². The van der Waals surface area contributed by atoms with E-state index in [4.69, 9.17) is 17.3 Å². The molecule has 0 aliphatic carbocycles. The number of hydrogen-bond donors (Lipinski definition) is 2. The Hall–Kier alpha value is -0.730. The number of rotatable bonds is 3. The van der Waals surface area contributed by atoms with Gasteiger partial charge in [0.1, 0.15) is 5.75 Å². The first-order valence-corrected chi connectivity index (χ1v) is 5.55. The Morgan fingerprint density at radius 3 is 2.60 bits per heavy atom. The van der Waals surface area contributed by atoms with Gasteiger partial charge in [0, 0.05) is 0 Å². The SMILES string of the molecule is Cc1cc(C(C)CCN)c(O)c(Cl)c1C. The molecule has 0 aliphatic rings. The summed E-state index contributed by atoms with van der Waals surface area (Å²) in [4.78, 5) is 0. The molecule has 0 bridgehead atoms.